The molecule has 1 aromatic carbocycles. The number of ether oxygens (including phenoxy) is 1. The number of aromatic nitrogens is 2. The van der Waals surface area contributed by atoms with Gasteiger partial charge < -0.3 is 9.30 Å². The van der Waals surface area contributed by atoms with Gasteiger partial charge in [0.25, 0.3) is 0 Å². The summed E-state index contributed by atoms with van der Waals surface area (Å²) in [4.78, 5) is 4.29. The molecule has 3 nitrogen and oxygen atoms in total. The molecule has 3 rings (SSSR count). The van der Waals surface area contributed by atoms with E-state index in [0.717, 1.165) is 15.8 Å². The van der Waals surface area contributed by atoms with Gasteiger partial charge >= 0.3 is 0 Å². The first-order valence-electron chi connectivity index (χ1n) is 5.10. The highest BCUT2D eigenvalue weighted by molar-refractivity contribution is 9.10. The lowest BCUT2D eigenvalue weighted by Crippen LogP contribution is -2.21. The molecule has 1 aliphatic heterocycles. The number of benzene rings is 1. The zero-order valence-corrected chi connectivity index (χ0v) is 10.3. The second-order valence-corrected chi connectivity index (χ2v) is 4.93. The monoisotopic (exact) mass is 284 g/mol. The molecule has 16 heavy (non-hydrogen) atoms. The largest absolute Gasteiger partial charge is 0.371 e. The van der Waals surface area contributed by atoms with Gasteiger partial charge in [0.15, 0.2) is 5.82 Å². The van der Waals surface area contributed by atoms with Gasteiger partial charge in [0.1, 0.15) is 17.9 Å². The minimum atomic E-state index is -0.293. The van der Waals surface area contributed by atoms with E-state index < -0.39 is 0 Å². The predicted octanol–water partition coefficient (Wildman–Crippen LogP) is 3.03. The third-order valence-electron chi connectivity index (χ3n) is 2.82. The summed E-state index contributed by atoms with van der Waals surface area (Å²) >= 11 is 3.30. The molecule has 0 saturated heterocycles. The van der Waals surface area contributed by atoms with Gasteiger partial charge in [0.2, 0.25) is 0 Å². The summed E-state index contributed by atoms with van der Waals surface area (Å²) in [6.45, 7) is 3.14. The Kier molecular flexibility index (Phi) is 2.26. The Hall–Kier alpha value is -0.940. The first-order valence-corrected chi connectivity index (χ1v) is 5.89. The van der Waals surface area contributed by atoms with E-state index in [1.165, 1.54) is 6.07 Å². The topological polar surface area (TPSA) is 27.1 Å². The summed E-state index contributed by atoms with van der Waals surface area (Å²) in [5, 5.41) is 0. The molecular weight excluding hydrogens is 275 g/mol. The van der Waals surface area contributed by atoms with Crippen LogP contribution < -0.4 is 0 Å². The Morgan fingerprint density at radius 1 is 1.56 bits per heavy atom. The van der Waals surface area contributed by atoms with Crippen LogP contribution in [0.15, 0.2) is 16.6 Å². The number of fused-ring (bicyclic) bond motifs is 3. The summed E-state index contributed by atoms with van der Waals surface area (Å²) in [7, 11) is 0. The third-order valence-corrected chi connectivity index (χ3v) is 3.28. The average molecular weight is 285 g/mol. The molecule has 0 bridgehead atoms. The van der Waals surface area contributed by atoms with Crippen LogP contribution >= 0.6 is 15.9 Å². The minimum absolute atomic E-state index is 0.197. The van der Waals surface area contributed by atoms with E-state index in [4.69, 9.17) is 4.74 Å². The summed E-state index contributed by atoms with van der Waals surface area (Å²) in [5.74, 6) is 0.504. The maximum Gasteiger partial charge on any atom is 0.152 e. The lowest BCUT2D eigenvalue weighted by molar-refractivity contribution is 0.0621. The first kappa shape index (κ1) is 10.2. The van der Waals surface area contributed by atoms with Crippen LogP contribution in [0.1, 0.15) is 18.8 Å². The molecule has 1 unspecified atom stereocenters. The molecule has 84 valence electrons. The molecule has 0 saturated carbocycles. The second kappa shape index (κ2) is 3.53. The molecule has 0 aliphatic carbocycles. The van der Waals surface area contributed by atoms with E-state index in [2.05, 4.69) is 20.9 Å². The van der Waals surface area contributed by atoms with Gasteiger partial charge in [-0.25, -0.2) is 9.37 Å². The van der Waals surface area contributed by atoms with Crippen LogP contribution in [-0.2, 0) is 11.3 Å². The average Bonchev–Trinajstić information content (AvgIpc) is 2.58. The normalized spacial score (nSPS) is 20.1. The van der Waals surface area contributed by atoms with Crippen LogP contribution in [0, 0.1) is 5.82 Å². The van der Waals surface area contributed by atoms with Crippen LogP contribution in [0.25, 0.3) is 11.0 Å². The predicted molar refractivity (Wildman–Crippen MR) is 61.8 cm³/mol. The van der Waals surface area contributed by atoms with Gasteiger partial charge in [0.05, 0.1) is 18.2 Å². The SMILES string of the molecule is CC1COCc2nc3c(F)cc(Br)cc3n21. The fourth-order valence-corrected chi connectivity index (χ4v) is 2.58. The molecule has 0 fully saturated rings. The lowest BCUT2D eigenvalue weighted by Gasteiger charge is -2.22. The molecule has 0 spiro atoms. The Balaban J connectivity index is 2.38. The van der Waals surface area contributed by atoms with Crippen molar-refractivity contribution in [3.8, 4) is 0 Å². The van der Waals surface area contributed by atoms with Crippen molar-refractivity contribution < 1.29 is 9.13 Å². The Morgan fingerprint density at radius 3 is 3.19 bits per heavy atom. The van der Waals surface area contributed by atoms with E-state index in [9.17, 15) is 4.39 Å². The number of hydrogen-bond acceptors (Lipinski definition) is 2. The number of rotatable bonds is 0. The summed E-state index contributed by atoms with van der Waals surface area (Å²) in [6.07, 6.45) is 0. The van der Waals surface area contributed by atoms with E-state index in [1.54, 1.807) is 0 Å². The summed E-state index contributed by atoms with van der Waals surface area (Å²) in [6, 6.07) is 3.53. The molecule has 2 heterocycles. The van der Waals surface area contributed by atoms with Crippen molar-refractivity contribution >= 4 is 27.0 Å². The van der Waals surface area contributed by atoms with Crippen molar-refractivity contribution in [3.63, 3.8) is 0 Å². The van der Waals surface area contributed by atoms with Gasteiger partial charge in [-0.3, -0.25) is 0 Å². The molecule has 0 N–H and O–H groups in total. The van der Waals surface area contributed by atoms with Crippen molar-refractivity contribution in [3.05, 3.63) is 28.2 Å². The molecule has 2 aromatic rings. The standard InChI is InChI=1S/C11H10BrFN2O/c1-6-4-16-5-10-14-11-8(13)2-7(12)3-9(11)15(6)10/h2-3,6H,4-5H2,1H3. The van der Waals surface area contributed by atoms with Gasteiger partial charge in [0, 0.05) is 4.47 Å². The molecule has 5 heteroatoms. The van der Waals surface area contributed by atoms with Crippen molar-refractivity contribution in [1.82, 2.24) is 9.55 Å². The Morgan fingerprint density at radius 2 is 2.38 bits per heavy atom. The highest BCUT2D eigenvalue weighted by Crippen LogP contribution is 2.29. The van der Waals surface area contributed by atoms with Crippen LogP contribution in [0.4, 0.5) is 4.39 Å². The fourth-order valence-electron chi connectivity index (χ4n) is 2.16. The number of nitrogens with zero attached hydrogens (tertiary/aromatic N) is 2. The van der Waals surface area contributed by atoms with Crippen LogP contribution in [0.5, 0.6) is 0 Å². The van der Waals surface area contributed by atoms with Gasteiger partial charge in [-0.1, -0.05) is 15.9 Å². The van der Waals surface area contributed by atoms with E-state index in [1.807, 2.05) is 17.6 Å². The second-order valence-electron chi connectivity index (χ2n) is 4.02. The van der Waals surface area contributed by atoms with Crippen molar-refractivity contribution in [1.29, 1.82) is 0 Å². The zero-order chi connectivity index (χ0) is 11.3. The molecule has 0 amide bonds. The molecule has 1 atom stereocenters. The molecule has 1 aromatic heterocycles. The van der Waals surface area contributed by atoms with Crippen molar-refractivity contribution in [2.75, 3.05) is 6.61 Å². The molecule has 1 aliphatic rings. The van der Waals surface area contributed by atoms with Gasteiger partial charge in [-0.05, 0) is 19.1 Å². The highest BCUT2D eigenvalue weighted by Gasteiger charge is 2.22. The number of hydrogen-bond donors (Lipinski definition) is 0. The quantitative estimate of drug-likeness (QED) is 0.744. The van der Waals surface area contributed by atoms with Crippen LogP contribution in [0.2, 0.25) is 0 Å². The lowest BCUT2D eigenvalue weighted by atomic mass is 10.2. The maximum absolute atomic E-state index is 13.7. The Labute approximate surface area is 100 Å². The minimum Gasteiger partial charge on any atom is -0.371 e. The smallest absolute Gasteiger partial charge is 0.152 e. The summed E-state index contributed by atoms with van der Waals surface area (Å²) in [5.41, 5.74) is 1.26. The third kappa shape index (κ3) is 1.38. The maximum atomic E-state index is 13.7. The Bertz CT molecular complexity index is 567. The fraction of sp³-hybridized carbons (Fsp3) is 0.364. The van der Waals surface area contributed by atoms with E-state index >= 15 is 0 Å². The summed E-state index contributed by atoms with van der Waals surface area (Å²) < 4.78 is 21.9. The van der Waals surface area contributed by atoms with Gasteiger partial charge in [-0.2, -0.15) is 0 Å². The number of imidazole rings is 1. The van der Waals surface area contributed by atoms with Crippen LogP contribution in [-0.4, -0.2) is 16.2 Å². The van der Waals surface area contributed by atoms with Crippen molar-refractivity contribution in [2.45, 2.75) is 19.6 Å². The van der Waals surface area contributed by atoms with E-state index in [-0.39, 0.29) is 11.9 Å². The zero-order valence-electron chi connectivity index (χ0n) is 8.70. The van der Waals surface area contributed by atoms with Crippen molar-refractivity contribution in [2.24, 2.45) is 0 Å². The van der Waals surface area contributed by atoms with Gasteiger partial charge in [-0.15, -0.1) is 0 Å². The van der Waals surface area contributed by atoms with E-state index in [0.29, 0.717) is 18.7 Å². The van der Waals surface area contributed by atoms with Crippen LogP contribution in [0.3, 0.4) is 0 Å². The first-order chi connectivity index (χ1) is 7.66. The molecule has 0 radical (unpaired) electrons. The number of halogens is 2. The highest BCUT2D eigenvalue weighted by atomic mass is 79.9. The molecular formula is C11H10BrFN2O.